The molecule has 23 heavy (non-hydrogen) atoms. The Balaban J connectivity index is 1.53. The van der Waals surface area contributed by atoms with Crippen LogP contribution in [0.25, 0.3) is 0 Å². The summed E-state index contributed by atoms with van der Waals surface area (Å²) in [6.07, 6.45) is 0. The van der Waals surface area contributed by atoms with Crippen molar-refractivity contribution in [1.29, 1.82) is 0 Å². The minimum absolute atomic E-state index is 0.284. The van der Waals surface area contributed by atoms with E-state index in [1.54, 1.807) is 0 Å². The van der Waals surface area contributed by atoms with Crippen molar-refractivity contribution in [3.63, 3.8) is 0 Å². The van der Waals surface area contributed by atoms with E-state index in [4.69, 9.17) is 4.74 Å². The van der Waals surface area contributed by atoms with Crippen LogP contribution in [0, 0.1) is 0 Å². The number of hydrogen-bond donors (Lipinski definition) is 0. The predicted octanol–water partition coefficient (Wildman–Crippen LogP) is 2.80. The second kappa shape index (κ2) is 7.29. The molecule has 0 bridgehead atoms. The van der Waals surface area contributed by atoms with E-state index in [0.29, 0.717) is 5.56 Å². The fraction of sp³-hybridized carbons (Fsp3) is 0.316. The van der Waals surface area contributed by atoms with E-state index in [2.05, 4.69) is 40.1 Å². The Hall–Kier alpha value is -2.33. The number of methoxy groups -OCH3 is 1. The van der Waals surface area contributed by atoms with Crippen LogP contribution in [0.2, 0.25) is 0 Å². The molecule has 0 unspecified atom stereocenters. The molecule has 0 radical (unpaired) electrons. The standard InChI is InChI=1S/C19H22N2O2/c1-23-19(22)17-9-7-16(8-10-17)15-20-11-13-21(14-12-20)18-5-3-2-4-6-18/h2-10H,11-15H2,1H3. The molecule has 0 spiro atoms. The lowest BCUT2D eigenvalue weighted by Gasteiger charge is -2.36. The molecule has 2 aromatic carbocycles. The zero-order chi connectivity index (χ0) is 16.1. The molecule has 0 saturated carbocycles. The number of carbonyl (C=O) groups is 1. The maximum Gasteiger partial charge on any atom is 0.337 e. The maximum absolute atomic E-state index is 11.4. The van der Waals surface area contributed by atoms with Gasteiger partial charge in [0.1, 0.15) is 0 Å². The number of carbonyl (C=O) groups excluding carboxylic acids is 1. The quantitative estimate of drug-likeness (QED) is 0.813. The normalized spacial score (nSPS) is 15.4. The van der Waals surface area contributed by atoms with Crippen molar-refractivity contribution in [2.24, 2.45) is 0 Å². The molecule has 2 aromatic rings. The van der Waals surface area contributed by atoms with Gasteiger partial charge in [-0.2, -0.15) is 0 Å². The average molecular weight is 310 g/mol. The lowest BCUT2D eigenvalue weighted by Crippen LogP contribution is -2.45. The summed E-state index contributed by atoms with van der Waals surface area (Å²) >= 11 is 0. The van der Waals surface area contributed by atoms with Crippen LogP contribution in [0.5, 0.6) is 0 Å². The summed E-state index contributed by atoms with van der Waals surface area (Å²) in [7, 11) is 1.41. The third kappa shape index (κ3) is 3.90. The van der Waals surface area contributed by atoms with Gasteiger partial charge in [0.15, 0.2) is 0 Å². The minimum atomic E-state index is -0.284. The first-order valence-electron chi connectivity index (χ1n) is 7.96. The number of nitrogens with zero attached hydrogens (tertiary/aromatic N) is 2. The summed E-state index contributed by atoms with van der Waals surface area (Å²) in [5, 5.41) is 0. The summed E-state index contributed by atoms with van der Waals surface area (Å²) < 4.78 is 4.73. The largest absolute Gasteiger partial charge is 0.465 e. The van der Waals surface area contributed by atoms with Gasteiger partial charge in [-0.1, -0.05) is 30.3 Å². The smallest absolute Gasteiger partial charge is 0.337 e. The molecule has 0 atom stereocenters. The summed E-state index contributed by atoms with van der Waals surface area (Å²) in [4.78, 5) is 16.3. The molecule has 1 saturated heterocycles. The number of esters is 1. The maximum atomic E-state index is 11.4. The fourth-order valence-corrected chi connectivity index (χ4v) is 2.93. The highest BCUT2D eigenvalue weighted by atomic mass is 16.5. The zero-order valence-corrected chi connectivity index (χ0v) is 13.4. The van der Waals surface area contributed by atoms with Crippen molar-refractivity contribution in [2.45, 2.75) is 6.54 Å². The Morgan fingerprint density at radius 1 is 0.957 bits per heavy atom. The van der Waals surface area contributed by atoms with Crippen LogP contribution in [-0.4, -0.2) is 44.2 Å². The first-order valence-corrected chi connectivity index (χ1v) is 7.96. The van der Waals surface area contributed by atoms with Gasteiger partial charge in [0, 0.05) is 38.4 Å². The predicted molar refractivity (Wildman–Crippen MR) is 91.7 cm³/mol. The van der Waals surface area contributed by atoms with Crippen LogP contribution < -0.4 is 4.90 Å². The van der Waals surface area contributed by atoms with Crippen molar-refractivity contribution in [3.05, 3.63) is 65.7 Å². The number of benzene rings is 2. The highest BCUT2D eigenvalue weighted by Crippen LogP contribution is 2.17. The summed E-state index contributed by atoms with van der Waals surface area (Å²) in [5.74, 6) is -0.284. The van der Waals surface area contributed by atoms with Gasteiger partial charge in [-0.25, -0.2) is 4.79 Å². The lowest BCUT2D eigenvalue weighted by atomic mass is 10.1. The first-order chi connectivity index (χ1) is 11.3. The zero-order valence-electron chi connectivity index (χ0n) is 13.4. The number of rotatable bonds is 4. The van der Waals surface area contributed by atoms with Crippen molar-refractivity contribution in [3.8, 4) is 0 Å². The van der Waals surface area contributed by atoms with Gasteiger partial charge in [-0.15, -0.1) is 0 Å². The van der Waals surface area contributed by atoms with Gasteiger partial charge < -0.3 is 9.64 Å². The molecule has 3 rings (SSSR count). The first kappa shape index (κ1) is 15.6. The van der Waals surface area contributed by atoms with Gasteiger partial charge in [0.2, 0.25) is 0 Å². The molecule has 4 heteroatoms. The van der Waals surface area contributed by atoms with Crippen LogP contribution in [0.15, 0.2) is 54.6 Å². The van der Waals surface area contributed by atoms with Crippen LogP contribution in [0.3, 0.4) is 0 Å². The van der Waals surface area contributed by atoms with Crippen LogP contribution >= 0.6 is 0 Å². The van der Waals surface area contributed by atoms with Gasteiger partial charge in [0.05, 0.1) is 12.7 Å². The molecule has 0 aliphatic carbocycles. The summed E-state index contributed by atoms with van der Waals surface area (Å²) in [6, 6.07) is 18.3. The SMILES string of the molecule is COC(=O)c1ccc(CN2CCN(c3ccccc3)CC2)cc1. The molecule has 4 nitrogen and oxygen atoms in total. The average Bonchev–Trinajstić information content (AvgIpc) is 2.63. The van der Waals surface area contributed by atoms with Gasteiger partial charge >= 0.3 is 5.97 Å². The molecule has 1 fully saturated rings. The van der Waals surface area contributed by atoms with Crippen molar-refractivity contribution in [2.75, 3.05) is 38.2 Å². The van der Waals surface area contributed by atoms with E-state index >= 15 is 0 Å². The van der Waals surface area contributed by atoms with E-state index in [1.807, 2.05) is 24.3 Å². The molecule has 1 aliphatic heterocycles. The third-order valence-electron chi connectivity index (χ3n) is 4.27. The van der Waals surface area contributed by atoms with Crippen molar-refractivity contribution < 1.29 is 9.53 Å². The molecular weight excluding hydrogens is 288 g/mol. The minimum Gasteiger partial charge on any atom is -0.465 e. The van der Waals surface area contributed by atoms with E-state index in [0.717, 1.165) is 32.7 Å². The van der Waals surface area contributed by atoms with Gasteiger partial charge in [-0.05, 0) is 29.8 Å². The molecule has 0 amide bonds. The van der Waals surface area contributed by atoms with E-state index in [9.17, 15) is 4.79 Å². The lowest BCUT2D eigenvalue weighted by molar-refractivity contribution is 0.0600. The Bertz CT molecular complexity index is 632. The Kier molecular flexibility index (Phi) is 4.93. The molecular formula is C19H22N2O2. The Morgan fingerprint density at radius 2 is 1.61 bits per heavy atom. The monoisotopic (exact) mass is 310 g/mol. The second-order valence-corrected chi connectivity index (χ2v) is 5.79. The van der Waals surface area contributed by atoms with E-state index < -0.39 is 0 Å². The Morgan fingerprint density at radius 3 is 2.22 bits per heavy atom. The number of ether oxygens (including phenoxy) is 1. The molecule has 120 valence electrons. The number of anilines is 1. The van der Waals surface area contributed by atoms with E-state index in [-0.39, 0.29) is 5.97 Å². The fourth-order valence-electron chi connectivity index (χ4n) is 2.93. The highest BCUT2D eigenvalue weighted by Gasteiger charge is 2.17. The van der Waals surface area contributed by atoms with E-state index in [1.165, 1.54) is 18.4 Å². The third-order valence-corrected chi connectivity index (χ3v) is 4.27. The van der Waals surface area contributed by atoms with Crippen molar-refractivity contribution in [1.82, 2.24) is 4.90 Å². The molecule has 1 heterocycles. The summed E-state index contributed by atoms with van der Waals surface area (Å²) in [5.41, 5.74) is 3.13. The van der Waals surface area contributed by atoms with Gasteiger partial charge in [0.25, 0.3) is 0 Å². The van der Waals surface area contributed by atoms with Crippen molar-refractivity contribution >= 4 is 11.7 Å². The molecule has 0 aromatic heterocycles. The molecule has 1 aliphatic rings. The summed E-state index contributed by atoms with van der Waals surface area (Å²) in [6.45, 7) is 5.11. The second-order valence-electron chi connectivity index (χ2n) is 5.79. The Labute approximate surface area is 137 Å². The molecule has 0 N–H and O–H groups in total. The highest BCUT2D eigenvalue weighted by molar-refractivity contribution is 5.89. The van der Waals surface area contributed by atoms with Crippen LogP contribution in [0.4, 0.5) is 5.69 Å². The van der Waals surface area contributed by atoms with Crippen LogP contribution in [-0.2, 0) is 11.3 Å². The van der Waals surface area contributed by atoms with Crippen LogP contribution in [0.1, 0.15) is 15.9 Å². The topological polar surface area (TPSA) is 32.8 Å². The van der Waals surface area contributed by atoms with Gasteiger partial charge in [-0.3, -0.25) is 4.90 Å². The number of piperazine rings is 1. The number of para-hydroxylation sites is 1. The number of hydrogen-bond acceptors (Lipinski definition) is 4.